The van der Waals surface area contributed by atoms with Crippen LogP contribution in [0.15, 0.2) is 23.1 Å². The average molecular weight is 482 g/mol. The minimum atomic E-state index is -2.65. The summed E-state index contributed by atoms with van der Waals surface area (Å²) in [6, 6.07) is -1.25. The van der Waals surface area contributed by atoms with Gasteiger partial charge >= 0.3 is 18.0 Å². The maximum Gasteiger partial charge on any atom is 0.358 e. The van der Waals surface area contributed by atoms with Gasteiger partial charge in [-0.3, -0.25) is 4.90 Å². The molecule has 2 aliphatic carbocycles. The van der Waals surface area contributed by atoms with Gasteiger partial charge in [0.2, 0.25) is 0 Å². The number of hydroxylamine groups is 1. The summed E-state index contributed by atoms with van der Waals surface area (Å²) in [4.78, 5) is 38.6. The molecule has 0 aromatic heterocycles. The zero-order valence-corrected chi connectivity index (χ0v) is 19.3. The summed E-state index contributed by atoms with van der Waals surface area (Å²) in [6.45, 7) is -0.697. The number of primary amides is 1. The molecule has 3 aliphatic rings. The normalized spacial score (nSPS) is 24.5. The van der Waals surface area contributed by atoms with Crippen LogP contribution in [0.5, 0.6) is 0 Å². The number of aliphatic hydroxyl groups is 2. The second-order valence-corrected chi connectivity index (χ2v) is 9.26. The van der Waals surface area contributed by atoms with E-state index < -0.39 is 36.0 Å². The van der Waals surface area contributed by atoms with Crippen LogP contribution in [0.3, 0.4) is 0 Å². The van der Waals surface area contributed by atoms with E-state index in [9.17, 15) is 29.8 Å². The lowest BCUT2D eigenvalue weighted by atomic mass is 9.89. The van der Waals surface area contributed by atoms with Gasteiger partial charge in [0.25, 0.3) is 5.66 Å². The minimum Gasteiger partial charge on any atom is -0.507 e. The fraction of sp³-hybridized carbons (Fsp3) is 0.696. The molecular weight excluding hydrogens is 446 g/mol. The Kier molecular flexibility index (Phi) is 8.92. The molecular formula is C23H35N3O8. The molecule has 2 fully saturated rings. The first-order valence-electron chi connectivity index (χ1n) is 11.9. The molecule has 1 unspecified atom stereocenters. The Balaban J connectivity index is 1.83. The first-order valence-corrected chi connectivity index (χ1v) is 11.9. The van der Waals surface area contributed by atoms with Crippen LogP contribution in [0.2, 0.25) is 0 Å². The van der Waals surface area contributed by atoms with Gasteiger partial charge in [0.05, 0.1) is 25.4 Å². The van der Waals surface area contributed by atoms with Crippen molar-refractivity contribution in [3.05, 3.63) is 23.1 Å². The second-order valence-electron chi connectivity index (χ2n) is 9.26. The molecule has 0 aromatic carbocycles. The summed E-state index contributed by atoms with van der Waals surface area (Å²) >= 11 is 0. The Hall–Kier alpha value is -2.63. The van der Waals surface area contributed by atoms with Gasteiger partial charge < -0.3 is 30.6 Å². The average Bonchev–Trinajstić information content (AvgIpc) is 2.86. The predicted molar refractivity (Wildman–Crippen MR) is 119 cm³/mol. The van der Waals surface area contributed by atoms with Gasteiger partial charge in [-0.2, -0.15) is 5.48 Å². The van der Waals surface area contributed by atoms with E-state index in [-0.39, 0.29) is 36.2 Å². The van der Waals surface area contributed by atoms with E-state index in [1.54, 1.807) is 5.48 Å². The Labute approximate surface area is 198 Å². The number of hydrogen-bond donors (Lipinski definition) is 5. The molecule has 1 atom stereocenters. The van der Waals surface area contributed by atoms with E-state index in [4.69, 9.17) is 15.2 Å². The number of nitrogens with two attached hydrogens (primary N) is 1. The van der Waals surface area contributed by atoms with Crippen molar-refractivity contribution in [2.75, 3.05) is 19.8 Å². The Bertz CT molecular complexity index is 830. The van der Waals surface area contributed by atoms with Crippen molar-refractivity contribution in [2.24, 2.45) is 17.6 Å². The summed E-state index contributed by atoms with van der Waals surface area (Å²) in [5.74, 6) is -2.75. The van der Waals surface area contributed by atoms with Crippen molar-refractivity contribution in [2.45, 2.75) is 69.9 Å². The van der Waals surface area contributed by atoms with Gasteiger partial charge in [-0.25, -0.2) is 14.4 Å². The molecule has 1 heterocycles. The standard InChI is InChI=1S/C23H35N3O8/c24-22(31)26-11-17(20(29)33-13-15-7-3-1-4-8-15)18(12-27)19(28)23(26,25-32)21(30)34-14-16-9-5-2-6-10-16/h11,15-16,25,27-28,32H,1-10,12-14H2,(H2,24,31). The third-order valence-corrected chi connectivity index (χ3v) is 7.00. The number of urea groups is 1. The first kappa shape index (κ1) is 26.0. The molecule has 0 aromatic rings. The highest BCUT2D eigenvalue weighted by Crippen LogP contribution is 2.35. The van der Waals surface area contributed by atoms with E-state index >= 15 is 0 Å². The van der Waals surface area contributed by atoms with Crippen LogP contribution in [-0.4, -0.2) is 63.8 Å². The second kappa shape index (κ2) is 11.7. The molecule has 2 saturated carbocycles. The molecule has 11 nitrogen and oxygen atoms in total. The van der Waals surface area contributed by atoms with E-state index in [2.05, 4.69) is 0 Å². The topological polar surface area (TPSA) is 172 Å². The lowest BCUT2D eigenvalue weighted by Crippen LogP contribution is -2.67. The van der Waals surface area contributed by atoms with Gasteiger partial charge in [0, 0.05) is 11.8 Å². The van der Waals surface area contributed by atoms with Crippen LogP contribution >= 0.6 is 0 Å². The SMILES string of the molecule is NC(=O)N1C=C(C(=O)OCC2CCCCC2)C(CO)=C(O)C1(NO)C(=O)OCC1CCCCC1. The molecule has 2 amide bonds. The lowest BCUT2D eigenvalue weighted by molar-refractivity contribution is -0.166. The number of rotatable bonds is 8. The Morgan fingerprint density at radius 1 is 1.00 bits per heavy atom. The van der Waals surface area contributed by atoms with Crippen LogP contribution < -0.4 is 11.2 Å². The highest BCUT2D eigenvalue weighted by molar-refractivity contribution is 5.98. The summed E-state index contributed by atoms with van der Waals surface area (Å²) in [5.41, 5.74) is 3.68. The van der Waals surface area contributed by atoms with Crippen LogP contribution in [0.4, 0.5) is 4.79 Å². The Morgan fingerprint density at radius 3 is 2.00 bits per heavy atom. The number of carbonyl (C=O) groups excluding carboxylic acids is 3. The van der Waals surface area contributed by atoms with Crippen molar-refractivity contribution in [3.63, 3.8) is 0 Å². The zero-order valence-electron chi connectivity index (χ0n) is 19.3. The summed E-state index contributed by atoms with van der Waals surface area (Å²) in [7, 11) is 0. The molecule has 0 spiro atoms. The number of hydrogen-bond acceptors (Lipinski definition) is 9. The highest BCUT2D eigenvalue weighted by Gasteiger charge is 2.55. The number of ether oxygens (including phenoxy) is 2. The van der Waals surface area contributed by atoms with Gasteiger partial charge in [0.15, 0.2) is 5.76 Å². The zero-order chi connectivity index (χ0) is 24.7. The number of aliphatic hydroxyl groups excluding tert-OH is 2. The molecule has 0 saturated heterocycles. The van der Waals surface area contributed by atoms with Gasteiger partial charge in [-0.05, 0) is 37.5 Å². The molecule has 11 heteroatoms. The summed E-state index contributed by atoms with van der Waals surface area (Å²) in [6.07, 6.45) is 10.8. The van der Waals surface area contributed by atoms with Gasteiger partial charge in [0.1, 0.15) is 0 Å². The number of amides is 2. The number of nitrogens with zero attached hydrogens (tertiary/aromatic N) is 1. The predicted octanol–water partition coefficient (Wildman–Crippen LogP) is 1.99. The smallest absolute Gasteiger partial charge is 0.358 e. The molecule has 34 heavy (non-hydrogen) atoms. The van der Waals surface area contributed by atoms with Crippen molar-refractivity contribution >= 4 is 18.0 Å². The Morgan fingerprint density at radius 2 is 1.53 bits per heavy atom. The van der Waals surface area contributed by atoms with E-state index in [0.29, 0.717) is 4.90 Å². The molecule has 190 valence electrons. The maximum absolute atomic E-state index is 13.1. The number of nitrogens with one attached hydrogen (secondary N) is 1. The van der Waals surface area contributed by atoms with Crippen LogP contribution in [-0.2, 0) is 19.1 Å². The van der Waals surface area contributed by atoms with Crippen molar-refractivity contribution in [1.82, 2.24) is 10.4 Å². The van der Waals surface area contributed by atoms with Gasteiger partial charge in [-0.15, -0.1) is 0 Å². The van der Waals surface area contributed by atoms with Crippen molar-refractivity contribution < 1.29 is 39.3 Å². The van der Waals surface area contributed by atoms with Crippen molar-refractivity contribution in [1.29, 1.82) is 0 Å². The van der Waals surface area contributed by atoms with Crippen LogP contribution in [0, 0.1) is 11.8 Å². The number of carbonyl (C=O) groups is 3. The lowest BCUT2D eigenvalue weighted by Gasteiger charge is -2.40. The third kappa shape index (κ3) is 5.37. The third-order valence-electron chi connectivity index (χ3n) is 7.00. The van der Waals surface area contributed by atoms with E-state index in [1.807, 2.05) is 0 Å². The summed E-state index contributed by atoms with van der Waals surface area (Å²) in [5, 5.41) is 30.8. The fourth-order valence-electron chi connectivity index (χ4n) is 4.95. The molecule has 1 aliphatic heterocycles. The van der Waals surface area contributed by atoms with Crippen LogP contribution in [0.1, 0.15) is 64.2 Å². The van der Waals surface area contributed by atoms with Crippen molar-refractivity contribution in [3.8, 4) is 0 Å². The largest absolute Gasteiger partial charge is 0.507 e. The first-order chi connectivity index (χ1) is 16.3. The summed E-state index contributed by atoms with van der Waals surface area (Å²) < 4.78 is 10.7. The number of esters is 2. The molecule has 0 bridgehead atoms. The molecule has 3 rings (SSSR count). The quantitative estimate of drug-likeness (QED) is 0.257. The highest BCUT2D eigenvalue weighted by atomic mass is 16.6. The van der Waals surface area contributed by atoms with Gasteiger partial charge in [-0.1, -0.05) is 38.5 Å². The van der Waals surface area contributed by atoms with E-state index in [0.717, 1.165) is 70.4 Å². The maximum atomic E-state index is 13.1. The molecule has 6 N–H and O–H groups in total. The monoisotopic (exact) mass is 481 g/mol. The molecule has 0 radical (unpaired) electrons. The fourth-order valence-corrected chi connectivity index (χ4v) is 4.95. The van der Waals surface area contributed by atoms with E-state index in [1.165, 1.54) is 0 Å². The van der Waals surface area contributed by atoms with Crippen LogP contribution in [0.25, 0.3) is 0 Å². The minimum absolute atomic E-state index is 0.0244.